The van der Waals surface area contributed by atoms with Crippen molar-refractivity contribution in [2.24, 2.45) is 4.99 Å². The van der Waals surface area contributed by atoms with E-state index in [0.29, 0.717) is 18.7 Å². The van der Waals surface area contributed by atoms with Gasteiger partial charge in [-0.25, -0.2) is 4.99 Å². The second kappa shape index (κ2) is 13.1. The Morgan fingerprint density at radius 2 is 1.88 bits per heavy atom. The number of hydrogen-bond donors (Lipinski definition) is 4. The summed E-state index contributed by atoms with van der Waals surface area (Å²) >= 11 is 0. The molecule has 0 unspecified atom stereocenters. The van der Waals surface area contributed by atoms with E-state index < -0.39 is 0 Å². The summed E-state index contributed by atoms with van der Waals surface area (Å²) in [4.78, 5) is 20.2. The van der Waals surface area contributed by atoms with Gasteiger partial charge in [-0.1, -0.05) is 31.2 Å². The van der Waals surface area contributed by atoms with Gasteiger partial charge in [0.05, 0.1) is 6.54 Å². The molecule has 6 nitrogen and oxygen atoms in total. The van der Waals surface area contributed by atoms with Crippen LogP contribution in [0.25, 0.3) is 10.9 Å². The fourth-order valence-electron chi connectivity index (χ4n) is 3.49. The summed E-state index contributed by atoms with van der Waals surface area (Å²) in [5.41, 5.74) is 5.41. The molecule has 32 heavy (non-hydrogen) atoms. The zero-order valence-electron chi connectivity index (χ0n) is 19.1. The lowest BCUT2D eigenvalue weighted by Crippen LogP contribution is -2.38. The molecule has 2 aromatic carbocycles. The largest absolute Gasteiger partial charge is 0.361 e. The van der Waals surface area contributed by atoms with Crippen LogP contribution in [0, 0.1) is 6.92 Å². The minimum atomic E-state index is -0.0355. The van der Waals surface area contributed by atoms with Gasteiger partial charge in [-0.3, -0.25) is 4.79 Å². The quantitative estimate of drug-likeness (QED) is 0.181. The van der Waals surface area contributed by atoms with E-state index in [4.69, 9.17) is 4.99 Å². The van der Waals surface area contributed by atoms with Crippen molar-refractivity contribution in [3.8, 4) is 0 Å². The van der Waals surface area contributed by atoms with Crippen molar-refractivity contribution in [2.75, 3.05) is 19.6 Å². The molecule has 0 fully saturated rings. The highest BCUT2D eigenvalue weighted by atomic mass is 127. The molecule has 0 atom stereocenters. The average molecular weight is 547 g/mol. The van der Waals surface area contributed by atoms with Crippen LogP contribution in [0.4, 0.5) is 0 Å². The Morgan fingerprint density at radius 3 is 2.66 bits per heavy atom. The first-order valence-corrected chi connectivity index (χ1v) is 11.1. The molecule has 0 aliphatic rings. The van der Waals surface area contributed by atoms with Crippen molar-refractivity contribution in [3.05, 3.63) is 70.9 Å². The van der Waals surface area contributed by atoms with E-state index in [1.165, 1.54) is 22.0 Å². The molecule has 3 rings (SSSR count). The first-order chi connectivity index (χ1) is 15.1. The van der Waals surface area contributed by atoms with Gasteiger partial charge in [0.15, 0.2) is 5.96 Å². The number of amides is 1. The molecular formula is C25H34IN5O. The number of aryl methyl sites for hydroxylation is 1. The Balaban J connectivity index is 0.00000363. The number of rotatable bonds is 9. The molecule has 7 heteroatoms. The Hall–Kier alpha value is -2.55. The average Bonchev–Trinajstić information content (AvgIpc) is 3.17. The fourth-order valence-corrected chi connectivity index (χ4v) is 3.49. The maximum atomic E-state index is 12.2. The van der Waals surface area contributed by atoms with Crippen LogP contribution >= 0.6 is 24.0 Å². The third-order valence-electron chi connectivity index (χ3n) is 5.10. The molecule has 0 saturated heterocycles. The predicted octanol–water partition coefficient (Wildman–Crippen LogP) is 4.53. The van der Waals surface area contributed by atoms with Crippen LogP contribution in [0.5, 0.6) is 0 Å². The van der Waals surface area contributed by atoms with Gasteiger partial charge in [-0.05, 0) is 61.6 Å². The predicted molar refractivity (Wildman–Crippen MR) is 144 cm³/mol. The number of hydrogen-bond acceptors (Lipinski definition) is 2. The number of H-pyrrole nitrogens is 1. The molecule has 4 N–H and O–H groups in total. The standard InChI is InChI=1S/C25H33N5O.HI/c1-4-12-27-24(31)20-8-6-7-19(15-20)16-30-25(26-5-2)28-13-11-21-17-29-23-14-18(3)9-10-22(21)23;/h6-10,14-15,17,29H,4-5,11-13,16H2,1-3H3,(H,27,31)(H2,26,28,30);1H. The summed E-state index contributed by atoms with van der Waals surface area (Å²) in [6, 6.07) is 14.2. The molecule has 1 heterocycles. The molecule has 3 aromatic rings. The highest BCUT2D eigenvalue weighted by Gasteiger charge is 2.06. The van der Waals surface area contributed by atoms with Gasteiger partial charge in [-0.2, -0.15) is 0 Å². The van der Waals surface area contributed by atoms with E-state index in [-0.39, 0.29) is 29.9 Å². The van der Waals surface area contributed by atoms with Crippen molar-refractivity contribution >= 4 is 46.7 Å². The first kappa shape index (κ1) is 25.7. The topological polar surface area (TPSA) is 81.3 Å². The summed E-state index contributed by atoms with van der Waals surface area (Å²) in [6.07, 6.45) is 3.91. The number of nitrogens with zero attached hydrogens (tertiary/aromatic N) is 1. The fraction of sp³-hybridized carbons (Fsp3) is 0.360. The third-order valence-corrected chi connectivity index (χ3v) is 5.10. The highest BCUT2D eigenvalue weighted by Crippen LogP contribution is 2.19. The lowest BCUT2D eigenvalue weighted by atomic mass is 10.1. The van der Waals surface area contributed by atoms with E-state index in [1.807, 2.05) is 31.2 Å². The number of aromatic amines is 1. The Labute approximate surface area is 207 Å². The van der Waals surface area contributed by atoms with Gasteiger partial charge in [0.2, 0.25) is 0 Å². The minimum Gasteiger partial charge on any atom is -0.361 e. The molecule has 0 radical (unpaired) electrons. The van der Waals surface area contributed by atoms with Crippen LogP contribution in [0.1, 0.15) is 47.3 Å². The minimum absolute atomic E-state index is 0. The summed E-state index contributed by atoms with van der Waals surface area (Å²) < 4.78 is 0. The molecule has 0 aliphatic heterocycles. The zero-order chi connectivity index (χ0) is 22.1. The van der Waals surface area contributed by atoms with Crippen LogP contribution in [-0.4, -0.2) is 36.5 Å². The van der Waals surface area contributed by atoms with E-state index in [1.54, 1.807) is 0 Å². The first-order valence-electron chi connectivity index (χ1n) is 11.1. The number of fused-ring (bicyclic) bond motifs is 1. The van der Waals surface area contributed by atoms with E-state index >= 15 is 0 Å². The van der Waals surface area contributed by atoms with Crippen LogP contribution in [0.2, 0.25) is 0 Å². The van der Waals surface area contributed by atoms with Crippen molar-refractivity contribution in [3.63, 3.8) is 0 Å². The molecule has 0 bridgehead atoms. The molecular weight excluding hydrogens is 513 g/mol. The van der Waals surface area contributed by atoms with Crippen LogP contribution in [0.15, 0.2) is 53.7 Å². The Bertz CT molecular complexity index is 1040. The van der Waals surface area contributed by atoms with Crippen LogP contribution in [0.3, 0.4) is 0 Å². The molecule has 172 valence electrons. The SMILES string of the molecule is CCCNC(=O)c1cccc(CN=C(NCC)NCCc2c[nH]c3cc(C)ccc23)c1.I. The molecule has 0 spiro atoms. The normalized spacial score (nSPS) is 11.2. The molecule has 1 aromatic heterocycles. The molecule has 0 saturated carbocycles. The number of halogens is 1. The van der Waals surface area contributed by atoms with Gasteiger partial charge < -0.3 is 20.9 Å². The van der Waals surface area contributed by atoms with Crippen molar-refractivity contribution in [1.29, 1.82) is 0 Å². The van der Waals surface area contributed by atoms with E-state index in [0.717, 1.165) is 37.5 Å². The second-order valence-corrected chi connectivity index (χ2v) is 7.69. The lowest BCUT2D eigenvalue weighted by molar-refractivity contribution is 0.0953. The number of aromatic nitrogens is 1. The number of aliphatic imine (C=N–C) groups is 1. The van der Waals surface area contributed by atoms with Gasteiger partial charge in [0.25, 0.3) is 5.91 Å². The van der Waals surface area contributed by atoms with E-state index in [9.17, 15) is 4.79 Å². The van der Waals surface area contributed by atoms with Crippen LogP contribution in [-0.2, 0) is 13.0 Å². The van der Waals surface area contributed by atoms with Crippen molar-refractivity contribution in [2.45, 2.75) is 40.2 Å². The highest BCUT2D eigenvalue weighted by molar-refractivity contribution is 14.0. The summed E-state index contributed by atoms with van der Waals surface area (Å²) in [6.45, 7) is 8.97. The van der Waals surface area contributed by atoms with Crippen LogP contribution < -0.4 is 16.0 Å². The summed E-state index contributed by atoms with van der Waals surface area (Å²) in [5, 5.41) is 10.9. The molecule has 1 amide bonds. The summed E-state index contributed by atoms with van der Waals surface area (Å²) in [5.74, 6) is 0.741. The maximum absolute atomic E-state index is 12.2. The lowest BCUT2D eigenvalue weighted by Gasteiger charge is -2.11. The van der Waals surface area contributed by atoms with Crippen molar-refractivity contribution in [1.82, 2.24) is 20.9 Å². The number of carbonyl (C=O) groups is 1. The number of nitrogens with one attached hydrogen (secondary N) is 4. The smallest absolute Gasteiger partial charge is 0.251 e. The van der Waals surface area contributed by atoms with E-state index in [2.05, 4.69) is 59.2 Å². The molecule has 0 aliphatic carbocycles. The van der Waals surface area contributed by atoms with Gasteiger partial charge >= 0.3 is 0 Å². The Morgan fingerprint density at radius 1 is 1.03 bits per heavy atom. The monoisotopic (exact) mass is 547 g/mol. The third kappa shape index (κ3) is 7.25. The van der Waals surface area contributed by atoms with Gasteiger partial charge in [0, 0.05) is 42.3 Å². The number of benzene rings is 2. The Kier molecular flexibility index (Phi) is 10.5. The number of guanidine groups is 1. The second-order valence-electron chi connectivity index (χ2n) is 7.69. The van der Waals surface area contributed by atoms with Crippen molar-refractivity contribution < 1.29 is 4.79 Å². The number of carbonyl (C=O) groups excluding carboxylic acids is 1. The maximum Gasteiger partial charge on any atom is 0.251 e. The summed E-state index contributed by atoms with van der Waals surface area (Å²) in [7, 11) is 0. The van der Waals surface area contributed by atoms with Gasteiger partial charge in [-0.15, -0.1) is 24.0 Å². The van der Waals surface area contributed by atoms with Gasteiger partial charge in [0.1, 0.15) is 0 Å². The zero-order valence-corrected chi connectivity index (χ0v) is 21.5.